The number of anilines is 1. The van der Waals surface area contributed by atoms with Gasteiger partial charge in [0, 0.05) is 18.8 Å². The van der Waals surface area contributed by atoms with Gasteiger partial charge in [-0.25, -0.2) is 0 Å². The van der Waals surface area contributed by atoms with Crippen molar-refractivity contribution in [1.29, 1.82) is 0 Å². The van der Waals surface area contributed by atoms with E-state index in [2.05, 4.69) is 29.2 Å². The Balaban J connectivity index is 2.03. The van der Waals surface area contributed by atoms with Crippen LogP contribution in [-0.4, -0.2) is 24.3 Å². The molecule has 1 aliphatic rings. The molecular formula is C12H17NO. The summed E-state index contributed by atoms with van der Waals surface area (Å²) < 4.78 is 0. The van der Waals surface area contributed by atoms with Crippen molar-refractivity contribution in [2.45, 2.75) is 25.9 Å². The molecule has 1 heterocycles. The van der Waals surface area contributed by atoms with Crippen LogP contribution in [0.25, 0.3) is 0 Å². The molecule has 0 spiro atoms. The van der Waals surface area contributed by atoms with E-state index in [1.54, 1.807) is 0 Å². The molecule has 1 aliphatic heterocycles. The van der Waals surface area contributed by atoms with E-state index in [1.165, 1.54) is 11.3 Å². The first-order valence-electron chi connectivity index (χ1n) is 5.28. The van der Waals surface area contributed by atoms with Gasteiger partial charge in [0.25, 0.3) is 0 Å². The minimum Gasteiger partial charge on any atom is -0.393 e. The van der Waals surface area contributed by atoms with Crippen molar-refractivity contribution in [3.63, 3.8) is 0 Å². The number of hydrogen-bond donors (Lipinski definition) is 1. The number of rotatable bonds is 3. The second-order valence-electron chi connectivity index (χ2n) is 4.00. The lowest BCUT2D eigenvalue weighted by Gasteiger charge is -2.19. The van der Waals surface area contributed by atoms with E-state index in [9.17, 15) is 5.11 Å². The molecule has 2 heteroatoms. The zero-order chi connectivity index (χ0) is 9.97. The van der Waals surface area contributed by atoms with Crippen molar-refractivity contribution >= 4 is 5.69 Å². The number of para-hydroxylation sites is 1. The summed E-state index contributed by atoms with van der Waals surface area (Å²) in [6, 6.07) is 8.54. The van der Waals surface area contributed by atoms with E-state index >= 15 is 0 Å². The van der Waals surface area contributed by atoms with E-state index in [4.69, 9.17) is 0 Å². The average molecular weight is 191 g/mol. The van der Waals surface area contributed by atoms with Crippen LogP contribution in [0.3, 0.4) is 0 Å². The highest BCUT2D eigenvalue weighted by atomic mass is 16.3. The van der Waals surface area contributed by atoms with Crippen LogP contribution < -0.4 is 4.90 Å². The molecule has 1 aromatic rings. The Bertz CT molecular complexity index is 309. The summed E-state index contributed by atoms with van der Waals surface area (Å²) in [6.07, 6.45) is 1.81. The molecule has 0 bridgehead atoms. The quantitative estimate of drug-likeness (QED) is 0.787. The molecule has 0 saturated heterocycles. The van der Waals surface area contributed by atoms with E-state index in [1.807, 2.05) is 6.92 Å². The third-order valence-corrected chi connectivity index (χ3v) is 2.80. The zero-order valence-electron chi connectivity index (χ0n) is 8.61. The molecule has 0 saturated carbocycles. The van der Waals surface area contributed by atoms with Crippen LogP contribution in [0.2, 0.25) is 0 Å². The Kier molecular flexibility index (Phi) is 2.73. The van der Waals surface area contributed by atoms with Crippen molar-refractivity contribution in [1.82, 2.24) is 0 Å². The summed E-state index contributed by atoms with van der Waals surface area (Å²) >= 11 is 0. The largest absolute Gasteiger partial charge is 0.393 e. The molecule has 14 heavy (non-hydrogen) atoms. The molecular weight excluding hydrogens is 174 g/mol. The number of nitrogens with zero attached hydrogens (tertiary/aromatic N) is 1. The summed E-state index contributed by atoms with van der Waals surface area (Å²) in [5.41, 5.74) is 2.80. The summed E-state index contributed by atoms with van der Waals surface area (Å²) in [5, 5.41) is 9.23. The summed E-state index contributed by atoms with van der Waals surface area (Å²) in [7, 11) is 0. The maximum absolute atomic E-state index is 9.23. The highest BCUT2D eigenvalue weighted by Crippen LogP contribution is 2.27. The van der Waals surface area contributed by atoms with Crippen molar-refractivity contribution in [3.8, 4) is 0 Å². The van der Waals surface area contributed by atoms with Gasteiger partial charge in [0.2, 0.25) is 0 Å². The minimum atomic E-state index is -0.192. The van der Waals surface area contributed by atoms with Crippen molar-refractivity contribution < 1.29 is 5.11 Å². The minimum absolute atomic E-state index is 0.192. The molecule has 1 N–H and O–H groups in total. The van der Waals surface area contributed by atoms with Gasteiger partial charge in [0.1, 0.15) is 0 Å². The maximum atomic E-state index is 9.23. The lowest BCUT2D eigenvalue weighted by molar-refractivity contribution is 0.186. The van der Waals surface area contributed by atoms with Crippen LogP contribution in [0.15, 0.2) is 24.3 Å². The number of fused-ring (bicyclic) bond motifs is 1. The third-order valence-electron chi connectivity index (χ3n) is 2.80. The standard InChI is InChI=1S/C12H17NO/c1-10(14)6-8-13-9-7-11-4-2-3-5-12(11)13/h2-5,10,14H,6-9H2,1H3. The normalized spacial score (nSPS) is 16.9. The topological polar surface area (TPSA) is 23.5 Å². The Labute approximate surface area is 85.2 Å². The average Bonchev–Trinajstić information content (AvgIpc) is 2.58. The fraction of sp³-hybridized carbons (Fsp3) is 0.500. The molecule has 1 unspecified atom stereocenters. The van der Waals surface area contributed by atoms with E-state index < -0.39 is 0 Å². The Hall–Kier alpha value is -1.02. The Morgan fingerprint density at radius 2 is 2.21 bits per heavy atom. The van der Waals surface area contributed by atoms with Crippen LogP contribution in [0, 0.1) is 0 Å². The summed E-state index contributed by atoms with van der Waals surface area (Å²) in [5.74, 6) is 0. The smallest absolute Gasteiger partial charge is 0.0528 e. The second-order valence-corrected chi connectivity index (χ2v) is 4.00. The lowest BCUT2D eigenvalue weighted by Crippen LogP contribution is -2.24. The van der Waals surface area contributed by atoms with Gasteiger partial charge in [-0.15, -0.1) is 0 Å². The van der Waals surface area contributed by atoms with Crippen molar-refractivity contribution in [2.75, 3.05) is 18.0 Å². The van der Waals surface area contributed by atoms with Gasteiger partial charge in [-0.1, -0.05) is 18.2 Å². The van der Waals surface area contributed by atoms with Gasteiger partial charge in [0.05, 0.1) is 6.10 Å². The molecule has 0 aliphatic carbocycles. The van der Waals surface area contributed by atoms with E-state index in [0.717, 1.165) is 25.9 Å². The Morgan fingerprint density at radius 1 is 1.43 bits per heavy atom. The molecule has 2 rings (SSSR count). The maximum Gasteiger partial charge on any atom is 0.0528 e. The van der Waals surface area contributed by atoms with Gasteiger partial charge in [0.15, 0.2) is 0 Å². The molecule has 0 aromatic heterocycles. The Morgan fingerprint density at radius 3 is 3.00 bits per heavy atom. The predicted octanol–water partition coefficient (Wildman–Crippen LogP) is 1.82. The first-order valence-corrected chi connectivity index (χ1v) is 5.28. The van der Waals surface area contributed by atoms with Gasteiger partial charge in [-0.2, -0.15) is 0 Å². The molecule has 1 aromatic carbocycles. The summed E-state index contributed by atoms with van der Waals surface area (Å²) in [6.45, 7) is 3.92. The third kappa shape index (κ3) is 1.90. The van der Waals surface area contributed by atoms with Crippen molar-refractivity contribution in [3.05, 3.63) is 29.8 Å². The SMILES string of the molecule is CC(O)CCN1CCc2ccccc21. The van der Waals surface area contributed by atoms with E-state index in [0.29, 0.717) is 0 Å². The van der Waals surface area contributed by atoms with Gasteiger partial charge in [-0.05, 0) is 31.4 Å². The molecule has 2 nitrogen and oxygen atoms in total. The first kappa shape index (κ1) is 9.53. The zero-order valence-corrected chi connectivity index (χ0v) is 8.61. The van der Waals surface area contributed by atoms with Crippen LogP contribution in [0.5, 0.6) is 0 Å². The van der Waals surface area contributed by atoms with Gasteiger partial charge < -0.3 is 10.0 Å². The predicted molar refractivity (Wildman–Crippen MR) is 58.7 cm³/mol. The molecule has 1 atom stereocenters. The number of benzene rings is 1. The number of aliphatic hydroxyl groups excluding tert-OH is 1. The monoisotopic (exact) mass is 191 g/mol. The highest BCUT2D eigenvalue weighted by molar-refractivity contribution is 5.57. The van der Waals surface area contributed by atoms with Gasteiger partial charge >= 0.3 is 0 Å². The summed E-state index contributed by atoms with van der Waals surface area (Å²) in [4.78, 5) is 2.36. The van der Waals surface area contributed by atoms with Gasteiger partial charge in [-0.3, -0.25) is 0 Å². The van der Waals surface area contributed by atoms with Crippen LogP contribution >= 0.6 is 0 Å². The molecule has 76 valence electrons. The second kappa shape index (κ2) is 4.01. The fourth-order valence-electron chi connectivity index (χ4n) is 1.98. The van der Waals surface area contributed by atoms with Crippen LogP contribution in [-0.2, 0) is 6.42 Å². The lowest BCUT2D eigenvalue weighted by atomic mass is 10.2. The van der Waals surface area contributed by atoms with Crippen LogP contribution in [0.1, 0.15) is 18.9 Å². The number of aliphatic hydroxyl groups is 1. The molecule has 0 radical (unpaired) electrons. The van der Waals surface area contributed by atoms with Crippen LogP contribution in [0.4, 0.5) is 5.69 Å². The number of hydrogen-bond acceptors (Lipinski definition) is 2. The molecule has 0 amide bonds. The highest BCUT2D eigenvalue weighted by Gasteiger charge is 2.17. The fourth-order valence-corrected chi connectivity index (χ4v) is 1.98. The van der Waals surface area contributed by atoms with Crippen molar-refractivity contribution in [2.24, 2.45) is 0 Å². The van der Waals surface area contributed by atoms with E-state index in [-0.39, 0.29) is 6.10 Å². The first-order chi connectivity index (χ1) is 6.77. The molecule has 0 fully saturated rings.